The van der Waals surface area contributed by atoms with Crippen LogP contribution >= 0.6 is 0 Å². The molecule has 0 aromatic carbocycles. The van der Waals surface area contributed by atoms with Crippen molar-refractivity contribution in [3.63, 3.8) is 0 Å². The summed E-state index contributed by atoms with van der Waals surface area (Å²) in [6.07, 6.45) is 9.82. The Morgan fingerprint density at radius 1 is 0.926 bits per heavy atom. The smallest absolute Gasteiger partial charge is 0.331 e. The molecular weight excluding hydrogens is 692 g/mol. The molecule has 11 heteroatoms. The predicted molar refractivity (Wildman–Crippen MR) is 209 cm³/mol. The van der Waals surface area contributed by atoms with Crippen molar-refractivity contribution in [3.8, 4) is 0 Å². The Bertz CT molecular complexity index is 1220. The molecular formula is C43H72O11. The lowest BCUT2D eigenvalue weighted by Crippen LogP contribution is -2.46. The molecule has 2 aliphatic rings. The van der Waals surface area contributed by atoms with Crippen molar-refractivity contribution in [2.24, 2.45) is 35.5 Å². The van der Waals surface area contributed by atoms with Crippen LogP contribution in [0.15, 0.2) is 36.0 Å². The fourth-order valence-electron chi connectivity index (χ4n) is 8.23. The van der Waals surface area contributed by atoms with Crippen LogP contribution in [0.4, 0.5) is 0 Å². The summed E-state index contributed by atoms with van der Waals surface area (Å²) in [4.78, 5) is 37.8. The van der Waals surface area contributed by atoms with Gasteiger partial charge >= 0.3 is 5.97 Å². The highest BCUT2D eigenvalue weighted by Gasteiger charge is 2.40. The minimum absolute atomic E-state index is 0.00887. The number of aliphatic hydroxyl groups excluding tert-OH is 2. The van der Waals surface area contributed by atoms with Crippen LogP contribution < -0.4 is 0 Å². The number of ether oxygens (including phenoxy) is 6. The Kier molecular flexibility index (Phi) is 21.6. The van der Waals surface area contributed by atoms with Crippen molar-refractivity contribution >= 4 is 18.0 Å². The molecule has 0 saturated heterocycles. The molecule has 11 nitrogen and oxygen atoms in total. The van der Waals surface area contributed by atoms with E-state index in [1.165, 1.54) is 6.08 Å². The van der Waals surface area contributed by atoms with E-state index in [0.29, 0.717) is 38.5 Å². The standard InChI is InChI=1S/C43H72O11/c1-26-15-18-33(45)23-34-13-12-14-35(53-34)24-37(49-8)30(5)38(50-9)25-39(51-10)31(6)43(54-40(47)20-16-26)32(7)41(48)27(2)17-19-36(46)29(4)42(52-11)28(3)21-22-44/h12-13,15-16,20,22,27-35,37-39,41-43,45,48H,14,17-19,21,23-25H2,1-11H3/b20-16+,26-15+/t27-,28+,29-,30+,31-,32-,33-,34-,35-,37-,38-,39+,41-,42+,43-/m0/s1. The predicted octanol–water partition coefficient (Wildman–Crippen LogP) is 6.23. The molecule has 0 saturated carbocycles. The zero-order valence-electron chi connectivity index (χ0n) is 34.8. The van der Waals surface area contributed by atoms with E-state index in [2.05, 4.69) is 13.0 Å². The van der Waals surface area contributed by atoms with E-state index < -0.39 is 42.2 Å². The number of allylic oxidation sites excluding steroid dienone is 2. The summed E-state index contributed by atoms with van der Waals surface area (Å²) < 4.78 is 36.4. The molecule has 2 bridgehead atoms. The topological polar surface area (TPSA) is 147 Å². The molecule has 310 valence electrons. The molecule has 2 rings (SSSR count). The number of cyclic esters (lactones) is 1. The first-order chi connectivity index (χ1) is 25.6. The second kappa shape index (κ2) is 24.4. The van der Waals surface area contributed by atoms with Crippen LogP contribution in [-0.2, 0) is 42.8 Å². The third kappa shape index (κ3) is 14.7. The van der Waals surface area contributed by atoms with Gasteiger partial charge in [-0.3, -0.25) is 4.79 Å². The summed E-state index contributed by atoms with van der Waals surface area (Å²) in [5, 5.41) is 22.6. The summed E-state index contributed by atoms with van der Waals surface area (Å²) in [5.74, 6) is -2.27. The molecule has 0 fully saturated rings. The molecule has 0 aromatic rings. The number of aldehydes is 1. The Hall–Kier alpha value is -2.25. The molecule has 0 spiro atoms. The zero-order chi connectivity index (χ0) is 40.5. The molecule has 2 aliphatic heterocycles. The Morgan fingerprint density at radius 2 is 1.56 bits per heavy atom. The van der Waals surface area contributed by atoms with Gasteiger partial charge in [0.1, 0.15) is 18.2 Å². The third-order valence-electron chi connectivity index (χ3n) is 12.0. The number of methoxy groups -OCH3 is 4. The van der Waals surface area contributed by atoms with Crippen molar-refractivity contribution in [2.45, 2.75) is 155 Å². The lowest BCUT2D eigenvalue weighted by molar-refractivity contribution is -0.159. The van der Waals surface area contributed by atoms with Crippen LogP contribution in [-0.4, -0.2) is 112 Å². The van der Waals surface area contributed by atoms with Gasteiger partial charge in [-0.15, -0.1) is 0 Å². The first kappa shape index (κ1) is 47.9. The minimum Gasteiger partial charge on any atom is -0.458 e. The van der Waals surface area contributed by atoms with Gasteiger partial charge < -0.3 is 43.4 Å². The minimum atomic E-state index is -0.904. The van der Waals surface area contributed by atoms with E-state index in [4.69, 9.17) is 28.4 Å². The van der Waals surface area contributed by atoms with Gasteiger partial charge in [0.15, 0.2) is 0 Å². The number of carbonyl (C=O) groups excluding carboxylic acids is 3. The maximum atomic E-state index is 13.4. The number of esters is 1. The van der Waals surface area contributed by atoms with Crippen LogP contribution in [0.25, 0.3) is 0 Å². The van der Waals surface area contributed by atoms with Crippen molar-refractivity contribution in [3.05, 3.63) is 36.0 Å². The molecule has 54 heavy (non-hydrogen) atoms. The average molecular weight is 765 g/mol. The number of aliphatic hydroxyl groups is 2. The fraction of sp³-hybridized carbons (Fsp3) is 0.791. The normalized spacial score (nSPS) is 34.2. The second-order valence-electron chi connectivity index (χ2n) is 16.0. The summed E-state index contributed by atoms with van der Waals surface area (Å²) in [6.45, 7) is 13.4. The number of carbonyl (C=O) groups is 3. The highest BCUT2D eigenvalue weighted by atomic mass is 16.5. The maximum absolute atomic E-state index is 13.4. The molecule has 0 amide bonds. The molecule has 2 heterocycles. The molecule has 0 radical (unpaired) electrons. The highest BCUT2D eigenvalue weighted by Crippen LogP contribution is 2.34. The lowest BCUT2D eigenvalue weighted by Gasteiger charge is -2.39. The first-order valence-electron chi connectivity index (χ1n) is 19.9. The first-order valence-corrected chi connectivity index (χ1v) is 19.9. The van der Waals surface area contributed by atoms with E-state index in [0.717, 1.165) is 18.3 Å². The van der Waals surface area contributed by atoms with Gasteiger partial charge in [0, 0.05) is 90.3 Å². The van der Waals surface area contributed by atoms with Crippen LogP contribution in [0.2, 0.25) is 0 Å². The number of hydrogen-bond donors (Lipinski definition) is 2. The molecule has 0 unspecified atom stereocenters. The van der Waals surface area contributed by atoms with E-state index in [1.54, 1.807) is 34.5 Å². The largest absolute Gasteiger partial charge is 0.458 e. The second-order valence-corrected chi connectivity index (χ2v) is 16.0. The van der Waals surface area contributed by atoms with E-state index in [9.17, 15) is 24.6 Å². The van der Waals surface area contributed by atoms with Crippen molar-refractivity contribution in [1.29, 1.82) is 0 Å². The third-order valence-corrected chi connectivity index (χ3v) is 12.0. The number of hydrogen-bond acceptors (Lipinski definition) is 11. The summed E-state index contributed by atoms with van der Waals surface area (Å²) in [6, 6.07) is 0. The molecule has 2 N–H and O–H groups in total. The molecule has 0 aliphatic carbocycles. The zero-order valence-corrected chi connectivity index (χ0v) is 34.8. The Labute approximate surface area is 325 Å². The quantitative estimate of drug-likeness (QED) is 0.111. The summed E-state index contributed by atoms with van der Waals surface area (Å²) in [5.41, 5.74) is 0.800. The Morgan fingerprint density at radius 3 is 2.17 bits per heavy atom. The monoisotopic (exact) mass is 765 g/mol. The summed E-state index contributed by atoms with van der Waals surface area (Å²) >= 11 is 0. The van der Waals surface area contributed by atoms with Gasteiger partial charge in [-0.25, -0.2) is 4.79 Å². The highest BCUT2D eigenvalue weighted by molar-refractivity contribution is 5.82. The fourth-order valence-corrected chi connectivity index (χ4v) is 8.23. The average Bonchev–Trinajstić information content (AvgIpc) is 3.15. The van der Waals surface area contributed by atoms with Crippen molar-refractivity contribution in [1.82, 2.24) is 0 Å². The maximum Gasteiger partial charge on any atom is 0.331 e. The van der Waals surface area contributed by atoms with Gasteiger partial charge in [0.05, 0.1) is 48.8 Å². The van der Waals surface area contributed by atoms with Gasteiger partial charge in [-0.05, 0) is 38.0 Å². The van der Waals surface area contributed by atoms with E-state index >= 15 is 0 Å². The number of rotatable bonds is 15. The van der Waals surface area contributed by atoms with Crippen LogP contribution in [0.3, 0.4) is 0 Å². The van der Waals surface area contributed by atoms with E-state index in [1.807, 2.05) is 53.7 Å². The molecule has 0 aromatic heterocycles. The van der Waals surface area contributed by atoms with Gasteiger partial charge in [-0.1, -0.05) is 71.4 Å². The Balaban J connectivity index is 2.38. The number of fused-ring (bicyclic) bond motifs is 2. The van der Waals surface area contributed by atoms with Gasteiger partial charge in [0.2, 0.25) is 0 Å². The van der Waals surface area contributed by atoms with Crippen molar-refractivity contribution < 1.29 is 53.0 Å². The number of Topliss-reactive ketones (excluding diaryl/α,β-unsaturated/α-hetero) is 1. The SMILES string of the molecule is CO[C@H]([C@H](C)CC=O)[C@@H](C)C(=O)CC[C@H](C)[C@H](O)[C@H](C)[C@H]1OC(=O)/C=C/C(C)=C/C[C@H](O)C[C@@H]2C=CC[C@@H](C[C@H](OC)[C@@H](C)[C@@H](OC)C[C@@H](OC)[C@@H]1C)O2. The molecule has 15 atom stereocenters. The lowest BCUT2D eigenvalue weighted by atomic mass is 9.78. The van der Waals surface area contributed by atoms with E-state index in [-0.39, 0.29) is 66.4 Å². The van der Waals surface area contributed by atoms with Gasteiger partial charge in [0.25, 0.3) is 0 Å². The van der Waals surface area contributed by atoms with Crippen LogP contribution in [0, 0.1) is 35.5 Å². The van der Waals surface area contributed by atoms with Gasteiger partial charge in [-0.2, -0.15) is 0 Å². The number of ketones is 1. The van der Waals surface area contributed by atoms with Crippen LogP contribution in [0.5, 0.6) is 0 Å². The van der Waals surface area contributed by atoms with Crippen molar-refractivity contribution in [2.75, 3.05) is 28.4 Å². The van der Waals surface area contributed by atoms with Crippen LogP contribution in [0.1, 0.15) is 99.8 Å². The summed E-state index contributed by atoms with van der Waals surface area (Å²) in [7, 11) is 6.56.